The lowest BCUT2D eigenvalue weighted by atomic mass is 9.73. The van der Waals surface area contributed by atoms with Crippen molar-refractivity contribution < 1.29 is 9.18 Å². The van der Waals surface area contributed by atoms with E-state index in [-0.39, 0.29) is 23.4 Å². The molecule has 0 bridgehead atoms. The maximum absolute atomic E-state index is 13.8. The molecule has 0 aliphatic heterocycles. The molecule has 2 rings (SSSR count). The number of ketones is 1. The molecule has 0 atom stereocenters. The summed E-state index contributed by atoms with van der Waals surface area (Å²) >= 11 is 6.04. The molecule has 0 spiro atoms. The minimum atomic E-state index is -0.372. The summed E-state index contributed by atoms with van der Waals surface area (Å²) in [5.74, 6) is 0.271. The average Bonchev–Trinajstić information content (AvgIpc) is 2.82. The number of carbonyl (C=O) groups is 1. The number of hydrogen-bond acceptors (Lipinski definition) is 1. The van der Waals surface area contributed by atoms with Gasteiger partial charge in [-0.15, -0.1) is 0 Å². The molecular formula is C17H22ClFO. The summed E-state index contributed by atoms with van der Waals surface area (Å²) < 4.78 is 13.8. The van der Waals surface area contributed by atoms with Crippen LogP contribution >= 0.6 is 11.6 Å². The van der Waals surface area contributed by atoms with Crippen molar-refractivity contribution in [1.29, 1.82) is 0 Å². The summed E-state index contributed by atoms with van der Waals surface area (Å²) in [5, 5.41) is 0.357. The van der Waals surface area contributed by atoms with Crippen molar-refractivity contribution in [3.63, 3.8) is 0 Å². The number of Topliss-reactive ketones (excluding diaryl/α,β-unsaturated/α-hetero) is 1. The van der Waals surface area contributed by atoms with E-state index < -0.39 is 0 Å². The normalized spacial score (nSPS) is 17.6. The summed E-state index contributed by atoms with van der Waals surface area (Å²) in [6.07, 6.45) is 5.11. The largest absolute Gasteiger partial charge is 0.299 e. The second kappa shape index (κ2) is 6.26. The van der Waals surface area contributed by atoms with Crippen LogP contribution in [0.25, 0.3) is 0 Å². The monoisotopic (exact) mass is 296 g/mol. The quantitative estimate of drug-likeness (QED) is 0.730. The van der Waals surface area contributed by atoms with Crippen molar-refractivity contribution >= 4 is 17.4 Å². The Kier molecular flexibility index (Phi) is 4.85. The zero-order chi connectivity index (χ0) is 14.8. The SMILES string of the molecule is CC(C)CC1(C(=O)Cc2c(F)cccc2Cl)CCCC1. The van der Waals surface area contributed by atoms with Gasteiger partial charge in [-0.2, -0.15) is 0 Å². The van der Waals surface area contributed by atoms with Crippen LogP contribution in [-0.2, 0) is 11.2 Å². The van der Waals surface area contributed by atoms with Crippen LogP contribution < -0.4 is 0 Å². The van der Waals surface area contributed by atoms with E-state index in [1.54, 1.807) is 12.1 Å². The van der Waals surface area contributed by atoms with E-state index in [2.05, 4.69) is 13.8 Å². The van der Waals surface area contributed by atoms with E-state index in [1.165, 1.54) is 6.07 Å². The van der Waals surface area contributed by atoms with Gasteiger partial charge in [0.15, 0.2) is 0 Å². The average molecular weight is 297 g/mol. The third-order valence-electron chi connectivity index (χ3n) is 4.35. The summed E-state index contributed by atoms with van der Waals surface area (Å²) in [4.78, 5) is 12.8. The molecule has 3 heteroatoms. The van der Waals surface area contributed by atoms with Gasteiger partial charge >= 0.3 is 0 Å². The molecule has 1 aromatic rings. The minimum Gasteiger partial charge on any atom is -0.299 e. The van der Waals surface area contributed by atoms with Crippen LogP contribution in [0.15, 0.2) is 18.2 Å². The first-order valence-corrected chi connectivity index (χ1v) is 7.78. The predicted molar refractivity (Wildman–Crippen MR) is 80.5 cm³/mol. The molecule has 1 aliphatic carbocycles. The lowest BCUT2D eigenvalue weighted by Crippen LogP contribution is -2.31. The molecule has 1 saturated carbocycles. The third-order valence-corrected chi connectivity index (χ3v) is 4.70. The van der Waals surface area contributed by atoms with Crippen molar-refractivity contribution in [3.05, 3.63) is 34.6 Å². The Balaban J connectivity index is 2.21. The van der Waals surface area contributed by atoms with Crippen molar-refractivity contribution in [1.82, 2.24) is 0 Å². The van der Waals surface area contributed by atoms with Crippen LogP contribution in [0.1, 0.15) is 51.5 Å². The van der Waals surface area contributed by atoms with Gasteiger partial charge in [0.05, 0.1) is 0 Å². The molecule has 1 aromatic carbocycles. The lowest BCUT2D eigenvalue weighted by molar-refractivity contribution is -0.128. The van der Waals surface area contributed by atoms with E-state index in [4.69, 9.17) is 11.6 Å². The smallest absolute Gasteiger partial charge is 0.143 e. The molecule has 110 valence electrons. The summed E-state index contributed by atoms with van der Waals surface area (Å²) in [6, 6.07) is 4.60. The van der Waals surface area contributed by atoms with Gasteiger partial charge in [0.2, 0.25) is 0 Å². The van der Waals surface area contributed by atoms with Crippen LogP contribution in [0.5, 0.6) is 0 Å². The molecule has 1 aliphatic rings. The molecule has 1 fully saturated rings. The standard InChI is InChI=1S/C17H22ClFO/c1-12(2)11-17(8-3-4-9-17)16(20)10-13-14(18)6-5-7-15(13)19/h5-7,12H,3-4,8-11H2,1-2H3. The highest BCUT2D eigenvalue weighted by Crippen LogP contribution is 2.45. The third kappa shape index (κ3) is 3.22. The fraction of sp³-hybridized carbons (Fsp3) is 0.588. The molecule has 0 N–H and O–H groups in total. The predicted octanol–water partition coefficient (Wildman–Crippen LogP) is 5.20. The second-order valence-electron chi connectivity index (χ2n) is 6.39. The molecule has 0 heterocycles. The molecule has 0 unspecified atom stereocenters. The van der Waals surface area contributed by atoms with Crippen LogP contribution in [0, 0.1) is 17.2 Å². The topological polar surface area (TPSA) is 17.1 Å². The molecule has 20 heavy (non-hydrogen) atoms. The zero-order valence-electron chi connectivity index (χ0n) is 12.2. The Morgan fingerprint density at radius 1 is 1.35 bits per heavy atom. The Morgan fingerprint density at radius 3 is 2.55 bits per heavy atom. The van der Waals surface area contributed by atoms with Crippen molar-refractivity contribution in [2.75, 3.05) is 0 Å². The fourth-order valence-corrected chi connectivity index (χ4v) is 3.71. The van der Waals surface area contributed by atoms with Gasteiger partial charge in [-0.25, -0.2) is 4.39 Å². The molecular weight excluding hydrogens is 275 g/mol. The van der Waals surface area contributed by atoms with Gasteiger partial charge in [0.25, 0.3) is 0 Å². The van der Waals surface area contributed by atoms with E-state index >= 15 is 0 Å². The first kappa shape index (κ1) is 15.5. The summed E-state index contributed by atoms with van der Waals surface area (Å²) in [5.41, 5.74) is 0.106. The van der Waals surface area contributed by atoms with Gasteiger partial charge in [0, 0.05) is 22.4 Å². The van der Waals surface area contributed by atoms with Crippen LogP contribution in [-0.4, -0.2) is 5.78 Å². The summed E-state index contributed by atoms with van der Waals surface area (Å²) in [6.45, 7) is 4.28. The van der Waals surface area contributed by atoms with E-state index in [9.17, 15) is 9.18 Å². The first-order chi connectivity index (χ1) is 9.44. The number of carbonyl (C=O) groups excluding carboxylic acids is 1. The van der Waals surface area contributed by atoms with Crippen molar-refractivity contribution in [2.24, 2.45) is 11.3 Å². The van der Waals surface area contributed by atoms with E-state index in [1.807, 2.05) is 0 Å². The molecule has 0 amide bonds. The van der Waals surface area contributed by atoms with Crippen LogP contribution in [0.3, 0.4) is 0 Å². The summed E-state index contributed by atoms with van der Waals surface area (Å²) in [7, 11) is 0. The first-order valence-electron chi connectivity index (χ1n) is 7.41. The van der Waals surface area contributed by atoms with Crippen molar-refractivity contribution in [2.45, 2.75) is 52.4 Å². The number of benzene rings is 1. The molecule has 0 saturated heterocycles. The fourth-order valence-electron chi connectivity index (χ4n) is 3.48. The van der Waals surface area contributed by atoms with Gasteiger partial charge in [-0.3, -0.25) is 4.79 Å². The number of rotatable bonds is 5. The molecule has 1 nitrogen and oxygen atoms in total. The van der Waals surface area contributed by atoms with Crippen LogP contribution in [0.4, 0.5) is 4.39 Å². The Morgan fingerprint density at radius 2 is 2.00 bits per heavy atom. The van der Waals surface area contributed by atoms with Crippen LogP contribution in [0.2, 0.25) is 5.02 Å². The molecule has 0 radical (unpaired) electrons. The lowest BCUT2D eigenvalue weighted by Gasteiger charge is -2.29. The number of hydrogen-bond donors (Lipinski definition) is 0. The van der Waals surface area contributed by atoms with Gasteiger partial charge in [0.1, 0.15) is 11.6 Å². The Labute approximate surface area is 125 Å². The van der Waals surface area contributed by atoms with Crippen molar-refractivity contribution in [3.8, 4) is 0 Å². The highest BCUT2D eigenvalue weighted by Gasteiger charge is 2.41. The second-order valence-corrected chi connectivity index (χ2v) is 6.79. The van der Waals surface area contributed by atoms with E-state index in [0.29, 0.717) is 16.5 Å². The maximum Gasteiger partial charge on any atom is 0.143 e. The van der Waals surface area contributed by atoms with Gasteiger partial charge < -0.3 is 0 Å². The highest BCUT2D eigenvalue weighted by molar-refractivity contribution is 6.31. The minimum absolute atomic E-state index is 0.123. The Bertz CT molecular complexity index is 470. The maximum atomic E-state index is 13.8. The highest BCUT2D eigenvalue weighted by atomic mass is 35.5. The van der Waals surface area contributed by atoms with Gasteiger partial charge in [-0.05, 0) is 37.3 Å². The van der Waals surface area contributed by atoms with E-state index in [0.717, 1.165) is 32.1 Å². The zero-order valence-corrected chi connectivity index (χ0v) is 13.0. The number of halogens is 2. The van der Waals surface area contributed by atoms with Gasteiger partial charge in [-0.1, -0.05) is 44.4 Å². The Hall–Kier alpha value is -0.890. The molecule has 0 aromatic heterocycles.